The number of hydrogen-bond donors (Lipinski definition) is 1. The van der Waals surface area contributed by atoms with Crippen molar-refractivity contribution in [3.05, 3.63) is 70.0 Å². The van der Waals surface area contributed by atoms with Gasteiger partial charge in [0, 0.05) is 37.3 Å². The van der Waals surface area contributed by atoms with Crippen molar-refractivity contribution in [2.45, 2.75) is 26.8 Å². The second-order valence-corrected chi connectivity index (χ2v) is 8.42. The lowest BCUT2D eigenvalue weighted by Crippen LogP contribution is -2.51. The van der Waals surface area contributed by atoms with Crippen LogP contribution in [0.2, 0.25) is 0 Å². The molecular formula is C24H27N5O2S. The molecule has 0 bridgehead atoms. The number of rotatable bonds is 5. The molecule has 0 atom stereocenters. The van der Waals surface area contributed by atoms with Crippen LogP contribution in [0.4, 0.5) is 0 Å². The Hall–Kier alpha value is -3.26. The van der Waals surface area contributed by atoms with Crippen molar-refractivity contribution in [3.63, 3.8) is 0 Å². The number of nitrogens with one attached hydrogen (secondary N) is 1. The number of amides is 2. The van der Waals surface area contributed by atoms with Gasteiger partial charge >= 0.3 is 0 Å². The highest BCUT2D eigenvalue weighted by Crippen LogP contribution is 2.19. The Labute approximate surface area is 192 Å². The summed E-state index contributed by atoms with van der Waals surface area (Å²) < 4.78 is 2.15. The molecule has 1 aliphatic rings. The van der Waals surface area contributed by atoms with Crippen molar-refractivity contribution in [1.29, 1.82) is 0 Å². The Bertz CT molecular complexity index is 1170. The maximum Gasteiger partial charge on any atom is 0.253 e. The molecular weight excluding hydrogens is 422 g/mol. The first-order chi connectivity index (χ1) is 15.5. The molecule has 1 saturated heterocycles. The minimum atomic E-state index is -0.0317. The van der Waals surface area contributed by atoms with Gasteiger partial charge in [-0.2, -0.15) is 5.10 Å². The van der Waals surface area contributed by atoms with Gasteiger partial charge in [0.15, 0.2) is 10.6 Å². The van der Waals surface area contributed by atoms with Crippen LogP contribution in [0.5, 0.6) is 0 Å². The Morgan fingerprint density at radius 1 is 1.03 bits per heavy atom. The minimum absolute atomic E-state index is 0.0125. The molecule has 3 aromatic rings. The summed E-state index contributed by atoms with van der Waals surface area (Å²) in [4.78, 5) is 29.4. The normalized spacial score (nSPS) is 13.9. The van der Waals surface area contributed by atoms with Crippen molar-refractivity contribution in [1.82, 2.24) is 24.6 Å². The Kier molecular flexibility index (Phi) is 6.50. The summed E-state index contributed by atoms with van der Waals surface area (Å²) in [6.07, 6.45) is 0.946. The lowest BCUT2D eigenvalue weighted by molar-refractivity contribution is -0.133. The zero-order valence-electron chi connectivity index (χ0n) is 18.4. The second kappa shape index (κ2) is 9.48. The van der Waals surface area contributed by atoms with E-state index < -0.39 is 0 Å². The van der Waals surface area contributed by atoms with Gasteiger partial charge in [-0.1, -0.05) is 42.8 Å². The molecule has 0 spiro atoms. The van der Waals surface area contributed by atoms with Gasteiger partial charge in [0.25, 0.3) is 5.91 Å². The summed E-state index contributed by atoms with van der Waals surface area (Å²) >= 11 is 5.37. The molecule has 8 heteroatoms. The highest BCUT2D eigenvalue weighted by Gasteiger charge is 2.25. The van der Waals surface area contributed by atoms with Crippen LogP contribution in [-0.4, -0.2) is 62.6 Å². The first-order valence-corrected chi connectivity index (χ1v) is 11.3. The van der Waals surface area contributed by atoms with Gasteiger partial charge in [-0.05, 0) is 49.3 Å². The number of nitrogens with zero attached hydrogens (tertiary/aromatic N) is 4. The number of carbonyl (C=O) groups excluding carboxylic acids is 2. The molecule has 166 valence electrons. The number of aromatic nitrogens is 3. The maximum atomic E-state index is 13.0. The SMILES string of the molecule is CCc1ccc(C(=O)N2CCN(C(=O)Cn3c(-c4cccc(C)c4)n[nH]c3=S)CC2)cc1. The van der Waals surface area contributed by atoms with E-state index in [0.29, 0.717) is 42.3 Å². The minimum Gasteiger partial charge on any atom is -0.338 e. The van der Waals surface area contributed by atoms with Gasteiger partial charge in [0.1, 0.15) is 6.54 Å². The van der Waals surface area contributed by atoms with E-state index in [2.05, 4.69) is 17.1 Å². The smallest absolute Gasteiger partial charge is 0.253 e. The van der Waals surface area contributed by atoms with Crippen LogP contribution < -0.4 is 0 Å². The van der Waals surface area contributed by atoms with Crippen LogP contribution in [0.3, 0.4) is 0 Å². The standard InChI is InChI=1S/C24H27N5O2S/c1-3-18-7-9-19(10-8-18)23(31)28-13-11-27(12-14-28)21(30)16-29-22(25-26-24(29)32)20-6-4-5-17(2)15-20/h4-10,15H,3,11-14,16H2,1-2H3,(H,26,32). The summed E-state index contributed by atoms with van der Waals surface area (Å²) in [6, 6.07) is 15.7. The number of aryl methyl sites for hydroxylation is 2. The Balaban J connectivity index is 1.40. The molecule has 0 aliphatic carbocycles. The van der Waals surface area contributed by atoms with E-state index in [0.717, 1.165) is 17.5 Å². The maximum absolute atomic E-state index is 13.0. The van der Waals surface area contributed by atoms with Gasteiger partial charge in [-0.15, -0.1) is 0 Å². The lowest BCUT2D eigenvalue weighted by Gasteiger charge is -2.35. The zero-order valence-corrected chi connectivity index (χ0v) is 19.2. The van der Waals surface area contributed by atoms with Gasteiger partial charge in [-0.3, -0.25) is 19.3 Å². The van der Waals surface area contributed by atoms with Gasteiger partial charge in [0.2, 0.25) is 5.91 Å². The number of hydrogen-bond acceptors (Lipinski definition) is 4. The summed E-state index contributed by atoms with van der Waals surface area (Å²) in [6.45, 7) is 6.26. The predicted molar refractivity (Wildman–Crippen MR) is 126 cm³/mol. The van der Waals surface area contributed by atoms with E-state index in [4.69, 9.17) is 12.2 Å². The molecule has 1 N–H and O–H groups in total. The van der Waals surface area contributed by atoms with E-state index in [-0.39, 0.29) is 18.4 Å². The van der Waals surface area contributed by atoms with Crippen molar-refractivity contribution in [3.8, 4) is 11.4 Å². The summed E-state index contributed by atoms with van der Waals surface area (Å²) in [5.74, 6) is 0.630. The van der Waals surface area contributed by atoms with Crippen molar-refractivity contribution in [2.75, 3.05) is 26.2 Å². The molecule has 0 saturated carbocycles. The third-order valence-electron chi connectivity index (χ3n) is 5.86. The number of piperazine rings is 1. The van der Waals surface area contributed by atoms with E-state index in [9.17, 15) is 9.59 Å². The quantitative estimate of drug-likeness (QED) is 0.606. The predicted octanol–water partition coefficient (Wildman–Crippen LogP) is 3.46. The molecule has 0 radical (unpaired) electrons. The fourth-order valence-electron chi connectivity index (χ4n) is 3.93. The van der Waals surface area contributed by atoms with Crippen molar-refractivity contribution < 1.29 is 9.59 Å². The fraction of sp³-hybridized carbons (Fsp3) is 0.333. The molecule has 32 heavy (non-hydrogen) atoms. The van der Waals surface area contributed by atoms with E-state index >= 15 is 0 Å². The van der Waals surface area contributed by atoms with Crippen LogP contribution in [0.25, 0.3) is 11.4 Å². The van der Waals surface area contributed by atoms with Crippen molar-refractivity contribution in [2.24, 2.45) is 0 Å². The van der Waals surface area contributed by atoms with Crippen LogP contribution in [-0.2, 0) is 17.8 Å². The Morgan fingerprint density at radius 2 is 1.72 bits per heavy atom. The second-order valence-electron chi connectivity index (χ2n) is 8.03. The molecule has 7 nitrogen and oxygen atoms in total. The number of aromatic amines is 1. The van der Waals surface area contributed by atoms with E-state index in [1.165, 1.54) is 5.56 Å². The average molecular weight is 450 g/mol. The lowest BCUT2D eigenvalue weighted by atomic mass is 10.1. The molecule has 1 fully saturated rings. The van der Waals surface area contributed by atoms with Crippen LogP contribution >= 0.6 is 12.2 Å². The Morgan fingerprint density at radius 3 is 2.38 bits per heavy atom. The van der Waals surface area contributed by atoms with Gasteiger partial charge in [-0.25, -0.2) is 0 Å². The highest BCUT2D eigenvalue weighted by atomic mass is 32.1. The molecule has 1 aliphatic heterocycles. The number of benzene rings is 2. The summed E-state index contributed by atoms with van der Waals surface area (Å²) in [5, 5.41) is 7.13. The molecule has 1 aromatic heterocycles. The molecule has 4 rings (SSSR count). The molecule has 0 unspecified atom stereocenters. The first-order valence-electron chi connectivity index (χ1n) is 10.8. The van der Waals surface area contributed by atoms with E-state index in [1.807, 2.05) is 60.4 Å². The third kappa shape index (κ3) is 4.65. The van der Waals surface area contributed by atoms with Gasteiger partial charge in [0.05, 0.1) is 0 Å². The molecule has 2 amide bonds. The average Bonchev–Trinajstić information content (AvgIpc) is 3.18. The fourth-order valence-corrected chi connectivity index (χ4v) is 4.13. The first kappa shape index (κ1) is 22.0. The molecule has 2 aromatic carbocycles. The van der Waals surface area contributed by atoms with Crippen LogP contribution in [0.1, 0.15) is 28.4 Å². The third-order valence-corrected chi connectivity index (χ3v) is 6.17. The largest absolute Gasteiger partial charge is 0.338 e. The zero-order chi connectivity index (χ0) is 22.7. The van der Waals surface area contributed by atoms with Crippen LogP contribution in [0, 0.1) is 11.7 Å². The van der Waals surface area contributed by atoms with Crippen LogP contribution in [0.15, 0.2) is 48.5 Å². The highest BCUT2D eigenvalue weighted by molar-refractivity contribution is 7.71. The monoisotopic (exact) mass is 449 g/mol. The van der Waals surface area contributed by atoms with Crippen molar-refractivity contribution >= 4 is 24.0 Å². The van der Waals surface area contributed by atoms with E-state index in [1.54, 1.807) is 9.47 Å². The number of H-pyrrole nitrogens is 1. The number of carbonyl (C=O) groups is 2. The summed E-state index contributed by atoms with van der Waals surface area (Å²) in [5.41, 5.74) is 3.92. The topological polar surface area (TPSA) is 74.2 Å². The molecule has 2 heterocycles. The van der Waals surface area contributed by atoms with Gasteiger partial charge < -0.3 is 9.80 Å². The summed E-state index contributed by atoms with van der Waals surface area (Å²) in [7, 11) is 0.